The first-order valence-corrected chi connectivity index (χ1v) is 7.34. The molecular formula is C16H19NO2S. The van der Waals surface area contributed by atoms with Crippen LogP contribution in [0.25, 0.3) is 0 Å². The molecule has 0 radical (unpaired) electrons. The van der Waals surface area contributed by atoms with Crippen LogP contribution in [0.5, 0.6) is 0 Å². The van der Waals surface area contributed by atoms with E-state index in [0.717, 1.165) is 18.7 Å². The molecule has 1 heterocycles. The third kappa shape index (κ3) is 3.68. The van der Waals surface area contributed by atoms with Gasteiger partial charge in [0.15, 0.2) is 0 Å². The Bertz CT molecular complexity index is 601. The van der Waals surface area contributed by atoms with Crippen molar-refractivity contribution in [1.29, 1.82) is 0 Å². The van der Waals surface area contributed by atoms with Gasteiger partial charge in [0.2, 0.25) is 0 Å². The first-order chi connectivity index (χ1) is 9.45. The molecule has 20 heavy (non-hydrogen) atoms. The number of aromatic carboxylic acids is 1. The van der Waals surface area contributed by atoms with Gasteiger partial charge in [0.25, 0.3) is 0 Å². The molecule has 0 fully saturated rings. The number of rotatable bonds is 5. The van der Waals surface area contributed by atoms with E-state index in [4.69, 9.17) is 5.11 Å². The number of nitrogens with zero attached hydrogens (tertiary/aromatic N) is 1. The molecule has 0 bridgehead atoms. The standard InChI is InChI=1S/C16H19NO2S/c1-11-8-15(12(2)20-11)10-17(3)9-13-4-6-14(7-5-13)16(18)19/h4-8H,9-10H2,1-3H3,(H,18,19). The van der Waals surface area contributed by atoms with Crippen LogP contribution < -0.4 is 0 Å². The summed E-state index contributed by atoms with van der Waals surface area (Å²) in [5.74, 6) is -0.880. The number of thiophene rings is 1. The first kappa shape index (κ1) is 14.8. The Labute approximate surface area is 123 Å². The normalized spacial score (nSPS) is 11.0. The highest BCUT2D eigenvalue weighted by Crippen LogP contribution is 2.22. The van der Waals surface area contributed by atoms with E-state index in [2.05, 4.69) is 31.9 Å². The zero-order valence-corrected chi connectivity index (χ0v) is 12.8. The number of carboxylic acids is 1. The summed E-state index contributed by atoms with van der Waals surface area (Å²) in [5.41, 5.74) is 2.83. The molecule has 0 spiro atoms. The van der Waals surface area contributed by atoms with E-state index in [1.165, 1.54) is 15.3 Å². The summed E-state index contributed by atoms with van der Waals surface area (Å²) < 4.78 is 0. The molecule has 4 heteroatoms. The molecule has 0 saturated carbocycles. The van der Waals surface area contributed by atoms with E-state index in [-0.39, 0.29) is 0 Å². The Hall–Kier alpha value is -1.65. The Balaban J connectivity index is 1.99. The molecule has 2 rings (SSSR count). The molecule has 3 nitrogen and oxygen atoms in total. The lowest BCUT2D eigenvalue weighted by atomic mass is 10.1. The molecule has 0 saturated heterocycles. The van der Waals surface area contributed by atoms with Gasteiger partial charge in [-0.1, -0.05) is 12.1 Å². The smallest absolute Gasteiger partial charge is 0.335 e. The number of aryl methyl sites for hydroxylation is 2. The van der Waals surface area contributed by atoms with Gasteiger partial charge in [-0.15, -0.1) is 11.3 Å². The predicted molar refractivity (Wildman–Crippen MR) is 82.4 cm³/mol. The van der Waals surface area contributed by atoms with E-state index in [1.54, 1.807) is 12.1 Å². The highest BCUT2D eigenvalue weighted by atomic mass is 32.1. The number of hydrogen-bond acceptors (Lipinski definition) is 3. The summed E-state index contributed by atoms with van der Waals surface area (Å²) in [6.45, 7) is 6.01. The van der Waals surface area contributed by atoms with Crippen LogP contribution in [0, 0.1) is 13.8 Å². The van der Waals surface area contributed by atoms with Gasteiger partial charge in [-0.2, -0.15) is 0 Å². The summed E-state index contributed by atoms with van der Waals surface area (Å²) in [6, 6.07) is 9.32. The van der Waals surface area contributed by atoms with Crippen LogP contribution in [-0.4, -0.2) is 23.0 Å². The fourth-order valence-corrected chi connectivity index (χ4v) is 3.19. The van der Waals surface area contributed by atoms with Crippen molar-refractivity contribution in [2.75, 3.05) is 7.05 Å². The Morgan fingerprint density at radius 2 is 1.85 bits per heavy atom. The van der Waals surface area contributed by atoms with Gasteiger partial charge in [-0.25, -0.2) is 4.79 Å². The summed E-state index contributed by atoms with van der Waals surface area (Å²) in [5, 5.41) is 8.88. The van der Waals surface area contributed by atoms with E-state index in [0.29, 0.717) is 5.56 Å². The van der Waals surface area contributed by atoms with Crippen LogP contribution in [-0.2, 0) is 13.1 Å². The third-order valence-corrected chi connectivity index (χ3v) is 4.25. The predicted octanol–water partition coefficient (Wildman–Crippen LogP) is 3.70. The number of benzene rings is 1. The van der Waals surface area contributed by atoms with Crippen molar-refractivity contribution in [2.24, 2.45) is 0 Å². The Morgan fingerprint density at radius 1 is 1.20 bits per heavy atom. The maximum atomic E-state index is 10.8. The second kappa shape index (κ2) is 6.20. The maximum Gasteiger partial charge on any atom is 0.335 e. The molecule has 0 atom stereocenters. The number of hydrogen-bond donors (Lipinski definition) is 1. The fraction of sp³-hybridized carbons (Fsp3) is 0.312. The molecule has 0 aliphatic heterocycles. The third-order valence-electron chi connectivity index (χ3n) is 3.24. The zero-order chi connectivity index (χ0) is 14.7. The molecular weight excluding hydrogens is 270 g/mol. The second-order valence-corrected chi connectivity index (χ2v) is 6.57. The van der Waals surface area contributed by atoms with Crippen molar-refractivity contribution < 1.29 is 9.90 Å². The molecule has 0 amide bonds. The second-order valence-electron chi connectivity index (χ2n) is 5.11. The SMILES string of the molecule is Cc1cc(CN(C)Cc2ccc(C(=O)O)cc2)c(C)s1. The highest BCUT2D eigenvalue weighted by Gasteiger charge is 2.08. The van der Waals surface area contributed by atoms with Gasteiger partial charge in [-0.3, -0.25) is 4.90 Å². The molecule has 0 aliphatic rings. The maximum absolute atomic E-state index is 10.8. The quantitative estimate of drug-likeness (QED) is 0.912. The van der Waals surface area contributed by atoms with Crippen LogP contribution in [0.2, 0.25) is 0 Å². The average molecular weight is 289 g/mol. The minimum absolute atomic E-state index is 0.334. The van der Waals surface area contributed by atoms with Gasteiger partial charge < -0.3 is 5.11 Å². The molecule has 106 valence electrons. The summed E-state index contributed by atoms with van der Waals surface area (Å²) in [4.78, 5) is 15.8. The average Bonchev–Trinajstić information content (AvgIpc) is 2.68. The van der Waals surface area contributed by atoms with Gasteiger partial charge in [0.05, 0.1) is 5.56 Å². The minimum Gasteiger partial charge on any atom is -0.478 e. The monoisotopic (exact) mass is 289 g/mol. The van der Waals surface area contributed by atoms with Crippen molar-refractivity contribution in [3.8, 4) is 0 Å². The van der Waals surface area contributed by atoms with E-state index >= 15 is 0 Å². The number of carboxylic acid groups (broad SMARTS) is 1. The Kier molecular flexibility index (Phi) is 4.57. The zero-order valence-electron chi connectivity index (χ0n) is 12.0. The van der Waals surface area contributed by atoms with Crippen LogP contribution in [0.3, 0.4) is 0 Å². The summed E-state index contributed by atoms with van der Waals surface area (Å²) in [6.07, 6.45) is 0. The van der Waals surface area contributed by atoms with Gasteiger partial charge >= 0.3 is 5.97 Å². The lowest BCUT2D eigenvalue weighted by Gasteiger charge is -2.16. The lowest BCUT2D eigenvalue weighted by Crippen LogP contribution is -2.17. The Morgan fingerprint density at radius 3 is 2.35 bits per heavy atom. The van der Waals surface area contributed by atoms with Crippen molar-refractivity contribution in [3.63, 3.8) is 0 Å². The van der Waals surface area contributed by atoms with Crippen molar-refractivity contribution >= 4 is 17.3 Å². The van der Waals surface area contributed by atoms with Gasteiger partial charge in [0.1, 0.15) is 0 Å². The largest absolute Gasteiger partial charge is 0.478 e. The molecule has 1 aromatic heterocycles. The summed E-state index contributed by atoms with van der Waals surface area (Å²) in [7, 11) is 2.08. The van der Waals surface area contributed by atoms with Crippen molar-refractivity contribution in [3.05, 3.63) is 56.8 Å². The van der Waals surface area contributed by atoms with Crippen molar-refractivity contribution in [1.82, 2.24) is 4.90 Å². The van der Waals surface area contributed by atoms with Crippen LogP contribution in [0.1, 0.15) is 31.2 Å². The van der Waals surface area contributed by atoms with Crippen LogP contribution in [0.15, 0.2) is 30.3 Å². The minimum atomic E-state index is -0.880. The molecule has 1 aromatic carbocycles. The lowest BCUT2D eigenvalue weighted by molar-refractivity contribution is 0.0697. The number of carbonyl (C=O) groups is 1. The summed E-state index contributed by atoms with van der Waals surface area (Å²) >= 11 is 1.83. The van der Waals surface area contributed by atoms with E-state index in [1.807, 2.05) is 23.5 Å². The molecule has 2 aromatic rings. The van der Waals surface area contributed by atoms with Gasteiger partial charge in [-0.05, 0) is 50.2 Å². The fourth-order valence-electron chi connectivity index (χ4n) is 2.25. The molecule has 0 aliphatic carbocycles. The van der Waals surface area contributed by atoms with E-state index < -0.39 is 5.97 Å². The molecule has 1 N–H and O–H groups in total. The van der Waals surface area contributed by atoms with Gasteiger partial charge in [0, 0.05) is 22.8 Å². The van der Waals surface area contributed by atoms with Crippen LogP contribution in [0.4, 0.5) is 0 Å². The molecule has 0 unspecified atom stereocenters. The van der Waals surface area contributed by atoms with Crippen molar-refractivity contribution in [2.45, 2.75) is 26.9 Å². The first-order valence-electron chi connectivity index (χ1n) is 6.52. The topological polar surface area (TPSA) is 40.5 Å². The van der Waals surface area contributed by atoms with Crippen LogP contribution >= 0.6 is 11.3 Å². The highest BCUT2D eigenvalue weighted by molar-refractivity contribution is 7.12. The van der Waals surface area contributed by atoms with E-state index in [9.17, 15) is 4.79 Å².